The van der Waals surface area contributed by atoms with Crippen LogP contribution in [0, 0.1) is 0 Å². The fraction of sp³-hybridized carbons (Fsp3) is 0. The van der Waals surface area contributed by atoms with E-state index >= 15 is 0 Å². The van der Waals surface area contributed by atoms with Gasteiger partial charge in [0.15, 0.2) is 0 Å². The second-order valence-corrected chi connectivity index (χ2v) is 5.13. The standard InChI is InChI=1S/C19H13NO2/c21-19-17(13-15-6-1-2-9-18(15)22-19)14-7-5-8-16(12-14)20-10-3-4-11-20/h1-13H. The molecule has 106 valence electrons. The molecule has 0 aliphatic carbocycles. The van der Waals surface area contributed by atoms with E-state index in [4.69, 9.17) is 4.42 Å². The third-order valence-corrected chi connectivity index (χ3v) is 3.70. The van der Waals surface area contributed by atoms with Crippen LogP contribution in [0.3, 0.4) is 0 Å². The summed E-state index contributed by atoms with van der Waals surface area (Å²) in [4.78, 5) is 12.3. The molecule has 4 aromatic rings. The second kappa shape index (κ2) is 5.04. The molecule has 2 aromatic heterocycles. The van der Waals surface area contributed by atoms with Gasteiger partial charge in [-0.25, -0.2) is 4.79 Å². The van der Waals surface area contributed by atoms with Gasteiger partial charge in [0.25, 0.3) is 0 Å². The van der Waals surface area contributed by atoms with Gasteiger partial charge in [0, 0.05) is 23.5 Å². The Bertz CT molecular complexity index is 997. The number of hydrogen-bond acceptors (Lipinski definition) is 2. The van der Waals surface area contributed by atoms with Crippen LogP contribution < -0.4 is 5.63 Å². The Kier molecular flexibility index (Phi) is 2.90. The summed E-state index contributed by atoms with van der Waals surface area (Å²) in [5.74, 6) is 0. The molecule has 0 atom stereocenters. The van der Waals surface area contributed by atoms with Crippen molar-refractivity contribution in [3.05, 3.63) is 89.5 Å². The van der Waals surface area contributed by atoms with Crippen LogP contribution >= 0.6 is 0 Å². The second-order valence-electron chi connectivity index (χ2n) is 5.13. The van der Waals surface area contributed by atoms with Crippen molar-refractivity contribution in [3.63, 3.8) is 0 Å². The zero-order valence-electron chi connectivity index (χ0n) is 11.8. The summed E-state index contributed by atoms with van der Waals surface area (Å²) >= 11 is 0. The zero-order chi connectivity index (χ0) is 14.9. The van der Waals surface area contributed by atoms with E-state index < -0.39 is 0 Å². The molecule has 0 saturated carbocycles. The van der Waals surface area contributed by atoms with E-state index in [0.717, 1.165) is 16.6 Å². The van der Waals surface area contributed by atoms with Crippen LogP contribution in [0.15, 0.2) is 88.3 Å². The van der Waals surface area contributed by atoms with E-state index in [-0.39, 0.29) is 5.63 Å². The largest absolute Gasteiger partial charge is 0.422 e. The quantitative estimate of drug-likeness (QED) is 0.517. The highest BCUT2D eigenvalue weighted by Crippen LogP contribution is 2.23. The van der Waals surface area contributed by atoms with Crippen molar-refractivity contribution in [2.24, 2.45) is 0 Å². The molecule has 0 aliphatic rings. The average Bonchev–Trinajstić information content (AvgIpc) is 3.09. The topological polar surface area (TPSA) is 35.1 Å². The van der Waals surface area contributed by atoms with E-state index in [9.17, 15) is 4.79 Å². The summed E-state index contributed by atoms with van der Waals surface area (Å²) in [5, 5.41) is 0.920. The van der Waals surface area contributed by atoms with Crippen LogP contribution in [0.5, 0.6) is 0 Å². The van der Waals surface area contributed by atoms with E-state index in [0.29, 0.717) is 11.1 Å². The third kappa shape index (κ3) is 2.13. The van der Waals surface area contributed by atoms with Gasteiger partial charge in [-0.2, -0.15) is 0 Å². The summed E-state index contributed by atoms with van der Waals surface area (Å²) in [6, 6.07) is 21.2. The number of benzene rings is 2. The molecular weight excluding hydrogens is 274 g/mol. The maximum Gasteiger partial charge on any atom is 0.344 e. The monoisotopic (exact) mass is 287 g/mol. The summed E-state index contributed by atoms with van der Waals surface area (Å²) in [5.41, 5.74) is 2.73. The molecule has 0 spiro atoms. The minimum Gasteiger partial charge on any atom is -0.422 e. The van der Waals surface area contributed by atoms with Gasteiger partial charge in [0.1, 0.15) is 5.58 Å². The molecule has 4 rings (SSSR count). The van der Waals surface area contributed by atoms with Gasteiger partial charge in [0.2, 0.25) is 0 Å². The number of fused-ring (bicyclic) bond motifs is 1. The van der Waals surface area contributed by atoms with Gasteiger partial charge < -0.3 is 8.98 Å². The highest BCUT2D eigenvalue weighted by molar-refractivity contribution is 5.81. The predicted molar refractivity (Wildman–Crippen MR) is 87.2 cm³/mol. The number of para-hydroxylation sites is 1. The van der Waals surface area contributed by atoms with Crippen molar-refractivity contribution in [1.29, 1.82) is 0 Å². The molecule has 2 aromatic carbocycles. The predicted octanol–water partition coefficient (Wildman–Crippen LogP) is 4.25. The number of rotatable bonds is 2. The lowest BCUT2D eigenvalue weighted by Crippen LogP contribution is -2.03. The van der Waals surface area contributed by atoms with Crippen LogP contribution in [0.25, 0.3) is 27.8 Å². The third-order valence-electron chi connectivity index (χ3n) is 3.70. The molecule has 0 bridgehead atoms. The van der Waals surface area contributed by atoms with E-state index in [1.807, 2.05) is 77.6 Å². The number of aromatic nitrogens is 1. The zero-order valence-corrected chi connectivity index (χ0v) is 11.8. The van der Waals surface area contributed by atoms with Crippen LogP contribution in [0.1, 0.15) is 0 Å². The fourth-order valence-corrected chi connectivity index (χ4v) is 2.60. The molecule has 3 nitrogen and oxygen atoms in total. The maximum absolute atomic E-state index is 12.3. The van der Waals surface area contributed by atoms with Crippen LogP contribution in [0.2, 0.25) is 0 Å². The van der Waals surface area contributed by atoms with Crippen molar-refractivity contribution in [3.8, 4) is 16.8 Å². The van der Waals surface area contributed by atoms with E-state index in [2.05, 4.69) is 0 Å². The first-order valence-electron chi connectivity index (χ1n) is 7.08. The Hall–Kier alpha value is -3.07. The minimum atomic E-state index is -0.316. The molecule has 0 unspecified atom stereocenters. The lowest BCUT2D eigenvalue weighted by Gasteiger charge is -2.06. The van der Waals surface area contributed by atoms with Crippen LogP contribution in [-0.2, 0) is 0 Å². The first-order chi connectivity index (χ1) is 10.8. The minimum absolute atomic E-state index is 0.316. The molecule has 0 saturated heterocycles. The first-order valence-corrected chi connectivity index (χ1v) is 7.08. The van der Waals surface area contributed by atoms with Gasteiger partial charge in [-0.15, -0.1) is 0 Å². The van der Waals surface area contributed by atoms with Gasteiger partial charge in [-0.05, 0) is 42.0 Å². The summed E-state index contributed by atoms with van der Waals surface area (Å²) in [7, 11) is 0. The summed E-state index contributed by atoms with van der Waals surface area (Å²) in [6.45, 7) is 0. The lowest BCUT2D eigenvalue weighted by molar-refractivity contribution is 0.563. The molecule has 0 amide bonds. The molecule has 3 heteroatoms. The molecule has 0 N–H and O–H groups in total. The van der Waals surface area contributed by atoms with Crippen molar-refractivity contribution in [1.82, 2.24) is 4.57 Å². The Labute approximate surface area is 127 Å². The van der Waals surface area contributed by atoms with Crippen LogP contribution in [-0.4, -0.2) is 4.57 Å². The van der Waals surface area contributed by atoms with Gasteiger partial charge in [-0.1, -0.05) is 30.3 Å². The summed E-state index contributed by atoms with van der Waals surface area (Å²) < 4.78 is 7.42. The highest BCUT2D eigenvalue weighted by atomic mass is 16.4. The smallest absolute Gasteiger partial charge is 0.344 e. The average molecular weight is 287 g/mol. The van der Waals surface area contributed by atoms with E-state index in [1.54, 1.807) is 6.07 Å². The molecule has 0 radical (unpaired) electrons. The SMILES string of the molecule is O=c1oc2ccccc2cc1-c1cccc(-n2cccc2)c1. The number of hydrogen-bond donors (Lipinski definition) is 0. The Balaban J connectivity index is 1.90. The van der Waals surface area contributed by atoms with Crippen molar-refractivity contribution < 1.29 is 4.42 Å². The normalized spacial score (nSPS) is 10.9. The summed E-state index contributed by atoms with van der Waals surface area (Å²) in [6.07, 6.45) is 3.95. The molecular formula is C19H13NO2. The first kappa shape index (κ1) is 12.7. The van der Waals surface area contributed by atoms with Crippen molar-refractivity contribution >= 4 is 11.0 Å². The number of nitrogens with zero attached hydrogens (tertiary/aromatic N) is 1. The van der Waals surface area contributed by atoms with Crippen molar-refractivity contribution in [2.75, 3.05) is 0 Å². The highest BCUT2D eigenvalue weighted by Gasteiger charge is 2.08. The lowest BCUT2D eigenvalue weighted by atomic mass is 10.1. The molecule has 0 fully saturated rings. The van der Waals surface area contributed by atoms with Crippen molar-refractivity contribution in [2.45, 2.75) is 0 Å². The van der Waals surface area contributed by atoms with Gasteiger partial charge >= 0.3 is 5.63 Å². The fourth-order valence-electron chi connectivity index (χ4n) is 2.60. The van der Waals surface area contributed by atoms with Gasteiger partial charge in [-0.3, -0.25) is 0 Å². The van der Waals surface area contributed by atoms with Gasteiger partial charge in [0.05, 0.1) is 5.56 Å². The van der Waals surface area contributed by atoms with Crippen LogP contribution in [0.4, 0.5) is 0 Å². The molecule has 0 aliphatic heterocycles. The Morgan fingerprint density at radius 1 is 0.818 bits per heavy atom. The maximum atomic E-state index is 12.3. The Morgan fingerprint density at radius 3 is 2.50 bits per heavy atom. The Morgan fingerprint density at radius 2 is 1.64 bits per heavy atom. The van der Waals surface area contributed by atoms with E-state index in [1.165, 1.54) is 0 Å². The molecule has 2 heterocycles. The molecule has 22 heavy (non-hydrogen) atoms.